The molecular weight excluding hydrogens is 316 g/mol. The van der Waals surface area contributed by atoms with Gasteiger partial charge >= 0.3 is 0 Å². The van der Waals surface area contributed by atoms with Crippen LogP contribution in [-0.4, -0.2) is 34.0 Å². The van der Waals surface area contributed by atoms with Gasteiger partial charge < -0.3 is 14.8 Å². The molecule has 0 radical (unpaired) electrons. The number of amides is 2. The van der Waals surface area contributed by atoms with Crippen LogP contribution < -0.4 is 10.2 Å². The number of aryl methyl sites for hydroxylation is 1. The van der Waals surface area contributed by atoms with Gasteiger partial charge in [0.1, 0.15) is 5.82 Å². The minimum atomic E-state index is -0.0647. The Morgan fingerprint density at radius 1 is 1.16 bits per heavy atom. The highest BCUT2D eigenvalue weighted by Crippen LogP contribution is 2.21. The summed E-state index contributed by atoms with van der Waals surface area (Å²) in [5.74, 6) is 1.19. The van der Waals surface area contributed by atoms with Gasteiger partial charge in [0.25, 0.3) is 5.91 Å². The Labute approximate surface area is 146 Å². The quantitative estimate of drug-likeness (QED) is 0.932. The number of hydrogen-bond donors (Lipinski definition) is 1. The number of imidazole rings is 1. The van der Waals surface area contributed by atoms with E-state index in [9.17, 15) is 9.59 Å². The van der Waals surface area contributed by atoms with E-state index in [0.717, 1.165) is 50.3 Å². The molecular formula is C19H22N4O2. The summed E-state index contributed by atoms with van der Waals surface area (Å²) in [6.45, 7) is 1.53. The highest BCUT2D eigenvalue weighted by Gasteiger charge is 2.22. The van der Waals surface area contributed by atoms with Gasteiger partial charge in [0.2, 0.25) is 5.91 Å². The molecule has 130 valence electrons. The fourth-order valence-corrected chi connectivity index (χ4v) is 3.62. The summed E-state index contributed by atoms with van der Waals surface area (Å²) in [7, 11) is 0. The van der Waals surface area contributed by atoms with Crippen LogP contribution in [0, 0.1) is 0 Å². The van der Waals surface area contributed by atoms with E-state index in [1.807, 2.05) is 23.2 Å². The maximum absolute atomic E-state index is 12.5. The van der Waals surface area contributed by atoms with Gasteiger partial charge in [-0.15, -0.1) is 0 Å². The van der Waals surface area contributed by atoms with E-state index in [2.05, 4.69) is 14.9 Å². The molecule has 1 saturated heterocycles. The lowest BCUT2D eigenvalue weighted by Gasteiger charge is -2.27. The normalized spacial score (nSPS) is 20.2. The molecule has 0 saturated carbocycles. The van der Waals surface area contributed by atoms with Gasteiger partial charge in [-0.1, -0.05) is 0 Å². The van der Waals surface area contributed by atoms with Gasteiger partial charge in [0, 0.05) is 55.6 Å². The lowest BCUT2D eigenvalue weighted by molar-refractivity contribution is -0.119. The second-order valence-corrected chi connectivity index (χ2v) is 6.75. The predicted molar refractivity (Wildman–Crippen MR) is 94.4 cm³/mol. The first-order valence-corrected chi connectivity index (χ1v) is 8.92. The molecule has 0 aliphatic carbocycles. The molecule has 2 amide bonds. The lowest BCUT2D eigenvalue weighted by atomic mass is 10.1. The first-order valence-electron chi connectivity index (χ1n) is 8.92. The summed E-state index contributed by atoms with van der Waals surface area (Å²) in [5, 5.41) is 3.11. The summed E-state index contributed by atoms with van der Waals surface area (Å²) in [4.78, 5) is 30.6. The minimum Gasteiger partial charge on any atom is -0.347 e. The van der Waals surface area contributed by atoms with Gasteiger partial charge in [-0.05, 0) is 43.5 Å². The molecule has 6 nitrogen and oxygen atoms in total. The van der Waals surface area contributed by atoms with Crippen LogP contribution in [0.3, 0.4) is 0 Å². The van der Waals surface area contributed by atoms with Crippen molar-refractivity contribution in [3.05, 3.63) is 48.0 Å². The predicted octanol–water partition coefficient (Wildman–Crippen LogP) is 2.14. The SMILES string of the molecule is O=C(N[C@@H]1CCc2nccn2C1)c1ccc(N2CCCCC2=O)cc1. The van der Waals surface area contributed by atoms with Crippen molar-refractivity contribution in [1.82, 2.24) is 14.9 Å². The topological polar surface area (TPSA) is 67.2 Å². The van der Waals surface area contributed by atoms with Crippen molar-refractivity contribution in [3.63, 3.8) is 0 Å². The van der Waals surface area contributed by atoms with E-state index < -0.39 is 0 Å². The van der Waals surface area contributed by atoms with E-state index in [1.54, 1.807) is 18.3 Å². The fraction of sp³-hybridized carbons (Fsp3) is 0.421. The molecule has 0 spiro atoms. The molecule has 6 heteroatoms. The smallest absolute Gasteiger partial charge is 0.251 e. The Morgan fingerprint density at radius 3 is 2.80 bits per heavy atom. The third-order valence-electron chi connectivity index (χ3n) is 5.03. The third-order valence-corrected chi connectivity index (χ3v) is 5.03. The third kappa shape index (κ3) is 3.29. The summed E-state index contributed by atoms with van der Waals surface area (Å²) in [5.41, 5.74) is 1.51. The average molecular weight is 338 g/mol. The number of fused-ring (bicyclic) bond motifs is 1. The van der Waals surface area contributed by atoms with Crippen LogP contribution in [0.1, 0.15) is 41.9 Å². The van der Waals surface area contributed by atoms with Crippen molar-refractivity contribution in [1.29, 1.82) is 0 Å². The van der Waals surface area contributed by atoms with Gasteiger partial charge in [0.15, 0.2) is 0 Å². The van der Waals surface area contributed by atoms with Crippen molar-refractivity contribution in [2.24, 2.45) is 0 Å². The standard InChI is InChI=1S/C19H22N4O2/c24-18-3-1-2-11-23(18)16-7-4-14(5-8-16)19(25)21-15-6-9-17-20-10-12-22(17)13-15/h4-5,7-8,10,12,15H,1-3,6,9,11,13H2,(H,21,25)/t15-/m1/s1. The Bertz CT molecular complexity index is 781. The van der Waals surface area contributed by atoms with E-state index in [4.69, 9.17) is 0 Å². The molecule has 25 heavy (non-hydrogen) atoms. The number of rotatable bonds is 3. The number of carbonyl (C=O) groups is 2. The highest BCUT2D eigenvalue weighted by atomic mass is 16.2. The Morgan fingerprint density at radius 2 is 2.00 bits per heavy atom. The molecule has 2 aliphatic heterocycles. The molecule has 1 aromatic heterocycles. The summed E-state index contributed by atoms with van der Waals surface area (Å²) < 4.78 is 2.10. The van der Waals surface area contributed by atoms with Gasteiger partial charge in [-0.2, -0.15) is 0 Å². The Hall–Kier alpha value is -2.63. The highest BCUT2D eigenvalue weighted by molar-refractivity contribution is 5.97. The van der Waals surface area contributed by atoms with Crippen LogP contribution in [0.2, 0.25) is 0 Å². The first kappa shape index (κ1) is 15.9. The zero-order valence-electron chi connectivity index (χ0n) is 14.1. The molecule has 2 aromatic rings. The van der Waals surface area contributed by atoms with Crippen LogP contribution in [0.4, 0.5) is 5.69 Å². The van der Waals surface area contributed by atoms with E-state index in [0.29, 0.717) is 12.0 Å². The average Bonchev–Trinajstić information content (AvgIpc) is 3.10. The second-order valence-electron chi connectivity index (χ2n) is 6.75. The van der Waals surface area contributed by atoms with Gasteiger partial charge in [-0.25, -0.2) is 4.98 Å². The number of carbonyl (C=O) groups excluding carboxylic acids is 2. The zero-order valence-corrected chi connectivity index (χ0v) is 14.1. The number of nitrogens with one attached hydrogen (secondary N) is 1. The van der Waals surface area contributed by atoms with Crippen molar-refractivity contribution in [3.8, 4) is 0 Å². The minimum absolute atomic E-state index is 0.0647. The molecule has 1 atom stereocenters. The fourth-order valence-electron chi connectivity index (χ4n) is 3.62. The molecule has 3 heterocycles. The van der Waals surface area contributed by atoms with Crippen molar-refractivity contribution in [2.75, 3.05) is 11.4 Å². The zero-order chi connectivity index (χ0) is 17.2. The van der Waals surface area contributed by atoms with Crippen molar-refractivity contribution >= 4 is 17.5 Å². The summed E-state index contributed by atoms with van der Waals surface area (Å²) in [6, 6.07) is 7.47. The van der Waals surface area contributed by atoms with Gasteiger partial charge in [0.05, 0.1) is 0 Å². The monoisotopic (exact) mass is 338 g/mol. The van der Waals surface area contributed by atoms with Crippen LogP contribution in [0.15, 0.2) is 36.7 Å². The van der Waals surface area contributed by atoms with Gasteiger partial charge in [-0.3, -0.25) is 9.59 Å². The summed E-state index contributed by atoms with van der Waals surface area (Å²) in [6.07, 6.45) is 8.16. The van der Waals surface area contributed by atoms with Crippen LogP contribution >= 0.6 is 0 Å². The molecule has 0 bridgehead atoms. The first-order chi connectivity index (χ1) is 12.2. The lowest BCUT2D eigenvalue weighted by Crippen LogP contribution is -2.41. The molecule has 1 N–H and O–H groups in total. The van der Waals surface area contributed by atoms with Crippen LogP contribution in [-0.2, 0) is 17.8 Å². The number of benzene rings is 1. The Balaban J connectivity index is 1.40. The number of nitrogens with zero attached hydrogens (tertiary/aromatic N) is 3. The van der Waals surface area contributed by atoms with Crippen LogP contribution in [0.5, 0.6) is 0 Å². The van der Waals surface area contributed by atoms with E-state index in [1.165, 1.54) is 0 Å². The number of anilines is 1. The molecule has 1 fully saturated rings. The van der Waals surface area contributed by atoms with Crippen LogP contribution in [0.25, 0.3) is 0 Å². The second kappa shape index (κ2) is 6.70. The van der Waals surface area contributed by atoms with E-state index in [-0.39, 0.29) is 17.9 Å². The molecule has 4 rings (SSSR count). The molecule has 1 aromatic carbocycles. The van der Waals surface area contributed by atoms with E-state index >= 15 is 0 Å². The molecule has 2 aliphatic rings. The number of hydrogen-bond acceptors (Lipinski definition) is 3. The Kier molecular flexibility index (Phi) is 4.26. The maximum Gasteiger partial charge on any atom is 0.251 e. The maximum atomic E-state index is 12.5. The van der Waals surface area contributed by atoms with Crippen molar-refractivity contribution in [2.45, 2.75) is 44.7 Å². The number of aromatic nitrogens is 2. The largest absolute Gasteiger partial charge is 0.347 e. The van der Waals surface area contributed by atoms with Crippen molar-refractivity contribution < 1.29 is 9.59 Å². The number of piperidine rings is 1. The molecule has 0 unspecified atom stereocenters. The summed E-state index contributed by atoms with van der Waals surface area (Å²) >= 11 is 0.